The van der Waals surface area contributed by atoms with E-state index in [1.807, 2.05) is 0 Å². The van der Waals surface area contributed by atoms with Crippen LogP contribution in [-0.2, 0) is 4.79 Å². The normalized spacial score (nSPS) is 9.71. The minimum atomic E-state index is -1.06. The number of rotatable bonds is 2. The standard InChI is InChI=1S/C9H8O4.Na.H/c10-7-3-1-6(5-8(7)11)2-4-9(12)13;;/h1-5,10-11H,(H,12,13);;/b4-2+;;. The van der Waals surface area contributed by atoms with Gasteiger partial charge in [-0.05, 0) is 23.8 Å². The van der Waals surface area contributed by atoms with Crippen LogP contribution in [0.15, 0.2) is 24.3 Å². The van der Waals surface area contributed by atoms with Gasteiger partial charge >= 0.3 is 35.5 Å². The molecule has 14 heavy (non-hydrogen) atoms. The van der Waals surface area contributed by atoms with Gasteiger partial charge in [0, 0.05) is 6.08 Å². The van der Waals surface area contributed by atoms with Crippen LogP contribution >= 0.6 is 0 Å². The SMILES string of the molecule is O=C(O)/C=C/c1ccc(O)c(O)c1.[NaH]. The number of carbonyl (C=O) groups is 1. The van der Waals surface area contributed by atoms with E-state index in [4.69, 9.17) is 15.3 Å². The third-order valence-electron chi connectivity index (χ3n) is 1.42. The fourth-order valence-corrected chi connectivity index (χ4v) is 0.812. The van der Waals surface area contributed by atoms with Gasteiger partial charge < -0.3 is 15.3 Å². The van der Waals surface area contributed by atoms with Crippen LogP contribution in [0.25, 0.3) is 6.08 Å². The number of benzene rings is 1. The molecule has 0 spiro atoms. The zero-order valence-corrected chi connectivity index (χ0v) is 6.64. The third kappa shape index (κ3) is 3.83. The van der Waals surface area contributed by atoms with E-state index in [9.17, 15) is 4.79 Å². The number of carboxylic acids is 1. The average molecular weight is 204 g/mol. The van der Waals surface area contributed by atoms with Crippen molar-refractivity contribution >= 4 is 41.6 Å². The van der Waals surface area contributed by atoms with E-state index in [0.717, 1.165) is 6.08 Å². The summed E-state index contributed by atoms with van der Waals surface area (Å²) in [5.41, 5.74) is 0.512. The first kappa shape index (κ1) is 13.0. The number of phenols is 2. The molecule has 1 aromatic rings. The van der Waals surface area contributed by atoms with Gasteiger partial charge in [0.15, 0.2) is 11.5 Å². The molecule has 0 saturated heterocycles. The molecule has 0 aliphatic rings. The Morgan fingerprint density at radius 2 is 1.86 bits per heavy atom. The van der Waals surface area contributed by atoms with Crippen LogP contribution in [0.1, 0.15) is 5.56 Å². The van der Waals surface area contributed by atoms with Crippen molar-refractivity contribution in [3.05, 3.63) is 29.8 Å². The summed E-state index contributed by atoms with van der Waals surface area (Å²) in [6.45, 7) is 0. The van der Waals surface area contributed by atoms with E-state index in [0.29, 0.717) is 5.56 Å². The summed E-state index contributed by atoms with van der Waals surface area (Å²) in [6, 6.07) is 4.06. The van der Waals surface area contributed by atoms with E-state index in [1.54, 1.807) is 0 Å². The zero-order valence-electron chi connectivity index (χ0n) is 6.64. The summed E-state index contributed by atoms with van der Waals surface area (Å²) in [6.07, 6.45) is 2.27. The van der Waals surface area contributed by atoms with Gasteiger partial charge in [0.05, 0.1) is 0 Å². The van der Waals surface area contributed by atoms with Gasteiger partial charge in [-0.25, -0.2) is 4.79 Å². The number of aliphatic carboxylic acids is 1. The molecule has 0 atom stereocenters. The Morgan fingerprint density at radius 3 is 2.36 bits per heavy atom. The van der Waals surface area contributed by atoms with E-state index >= 15 is 0 Å². The first-order chi connectivity index (χ1) is 6.09. The molecular weight excluding hydrogens is 195 g/mol. The Bertz CT molecular complexity index is 360. The number of carboxylic acid groups (broad SMARTS) is 1. The van der Waals surface area contributed by atoms with Crippen molar-refractivity contribution in [1.29, 1.82) is 0 Å². The number of hydrogen-bond acceptors (Lipinski definition) is 3. The van der Waals surface area contributed by atoms with Gasteiger partial charge in [0.25, 0.3) is 0 Å². The minimum absolute atomic E-state index is 0. The number of hydrogen-bond donors (Lipinski definition) is 3. The Hall–Kier alpha value is -0.970. The molecular formula is C9H9NaO4. The molecule has 0 heterocycles. The van der Waals surface area contributed by atoms with Gasteiger partial charge in [-0.3, -0.25) is 0 Å². The molecule has 1 rings (SSSR count). The summed E-state index contributed by atoms with van der Waals surface area (Å²) in [5.74, 6) is -1.56. The quantitative estimate of drug-likeness (QED) is 0.373. The molecule has 1 aromatic carbocycles. The van der Waals surface area contributed by atoms with Crippen LogP contribution < -0.4 is 0 Å². The Morgan fingerprint density at radius 1 is 1.21 bits per heavy atom. The van der Waals surface area contributed by atoms with Gasteiger partial charge in [-0.2, -0.15) is 0 Å². The predicted octanol–water partition coefficient (Wildman–Crippen LogP) is 0.547. The van der Waals surface area contributed by atoms with Crippen LogP contribution in [0, 0.1) is 0 Å². The molecule has 0 aliphatic heterocycles. The summed E-state index contributed by atoms with van der Waals surface area (Å²) < 4.78 is 0. The molecule has 5 heteroatoms. The van der Waals surface area contributed by atoms with Crippen molar-refractivity contribution in [1.82, 2.24) is 0 Å². The Labute approximate surface area is 103 Å². The average Bonchev–Trinajstić information content (AvgIpc) is 2.07. The van der Waals surface area contributed by atoms with Crippen molar-refractivity contribution in [3.63, 3.8) is 0 Å². The van der Waals surface area contributed by atoms with Crippen molar-refractivity contribution in [3.8, 4) is 11.5 Å². The van der Waals surface area contributed by atoms with E-state index < -0.39 is 5.97 Å². The third-order valence-corrected chi connectivity index (χ3v) is 1.42. The van der Waals surface area contributed by atoms with Crippen molar-refractivity contribution in [2.45, 2.75) is 0 Å². The fourth-order valence-electron chi connectivity index (χ4n) is 0.812. The molecule has 0 amide bonds. The second kappa shape index (κ2) is 5.70. The van der Waals surface area contributed by atoms with Gasteiger partial charge in [-0.15, -0.1) is 0 Å². The molecule has 0 saturated carbocycles. The first-order valence-corrected chi connectivity index (χ1v) is 3.52. The Kier molecular flexibility index (Phi) is 5.30. The van der Waals surface area contributed by atoms with Crippen LogP contribution in [0.3, 0.4) is 0 Å². The number of phenolic OH excluding ortho intramolecular Hbond substituents is 2. The van der Waals surface area contributed by atoms with E-state index in [1.165, 1.54) is 24.3 Å². The van der Waals surface area contributed by atoms with Crippen molar-refractivity contribution in [2.75, 3.05) is 0 Å². The molecule has 0 aliphatic carbocycles. The van der Waals surface area contributed by atoms with Crippen LogP contribution in [0.2, 0.25) is 0 Å². The van der Waals surface area contributed by atoms with Gasteiger partial charge in [0.1, 0.15) is 0 Å². The predicted molar refractivity (Wildman–Crippen MR) is 53.6 cm³/mol. The number of aromatic hydroxyl groups is 2. The van der Waals surface area contributed by atoms with Crippen LogP contribution in [-0.4, -0.2) is 50.8 Å². The van der Waals surface area contributed by atoms with Crippen molar-refractivity contribution in [2.24, 2.45) is 0 Å². The maximum atomic E-state index is 10.1. The van der Waals surface area contributed by atoms with Crippen molar-refractivity contribution < 1.29 is 20.1 Å². The molecule has 0 unspecified atom stereocenters. The molecule has 4 nitrogen and oxygen atoms in total. The van der Waals surface area contributed by atoms with E-state index in [2.05, 4.69) is 0 Å². The summed E-state index contributed by atoms with van der Waals surface area (Å²) >= 11 is 0. The van der Waals surface area contributed by atoms with E-state index in [-0.39, 0.29) is 41.1 Å². The molecule has 70 valence electrons. The maximum absolute atomic E-state index is 10.1. The fraction of sp³-hybridized carbons (Fsp3) is 0. The molecule has 0 radical (unpaired) electrons. The second-order valence-corrected chi connectivity index (χ2v) is 2.42. The second-order valence-electron chi connectivity index (χ2n) is 2.42. The summed E-state index contributed by atoms with van der Waals surface area (Å²) in [5, 5.41) is 26.3. The molecule has 0 bridgehead atoms. The molecule has 0 fully saturated rings. The molecule has 0 aromatic heterocycles. The summed E-state index contributed by atoms with van der Waals surface area (Å²) in [4.78, 5) is 10.1. The molecule has 3 N–H and O–H groups in total. The topological polar surface area (TPSA) is 77.8 Å². The van der Waals surface area contributed by atoms with Gasteiger partial charge in [0.2, 0.25) is 0 Å². The van der Waals surface area contributed by atoms with Gasteiger partial charge in [-0.1, -0.05) is 6.07 Å². The first-order valence-electron chi connectivity index (χ1n) is 3.52. The summed E-state index contributed by atoms with van der Waals surface area (Å²) in [7, 11) is 0. The van der Waals surface area contributed by atoms with Crippen LogP contribution in [0.4, 0.5) is 0 Å². The zero-order chi connectivity index (χ0) is 9.84. The Balaban J connectivity index is 0.00000169. The monoisotopic (exact) mass is 204 g/mol. The van der Waals surface area contributed by atoms with Crippen LogP contribution in [0.5, 0.6) is 11.5 Å².